The van der Waals surface area contributed by atoms with E-state index in [4.69, 9.17) is 16.6 Å². The topological polar surface area (TPSA) is 122 Å². The number of anilines is 3. The van der Waals surface area contributed by atoms with Crippen LogP contribution in [0.15, 0.2) is 61.6 Å². The number of likely N-dealkylation sites (N-methyl/N-ethyl adjacent to an activating group) is 1. The lowest BCUT2D eigenvalue weighted by Crippen LogP contribution is -2.45. The third-order valence-corrected chi connectivity index (χ3v) is 8.37. The quantitative estimate of drug-likeness (QED) is 0.269. The normalized spacial score (nSPS) is 16.3. The molecule has 2 aliphatic heterocycles. The number of aromatic amines is 1. The standard InChI is InChI=1S/C31H34ClN9O2/c1-3-27(42)37-25-7-6-20(17-26(25)40-15-13-39(2)14-16-40)30(43)41-11-8-21(9-12-41)36-31-35-19-24(32)28(38-31)23-18-34-29-22(23)5-4-10-33-29/h3-7,10,17-19,21H,1,8-9,11-16H2,2H3,(H,33,34)(H,37,42)(H,35,36,38). The van der Waals surface area contributed by atoms with E-state index in [-0.39, 0.29) is 17.9 Å². The number of likely N-dealkylation sites (tertiary alicyclic amines) is 1. The van der Waals surface area contributed by atoms with Crippen LogP contribution in [0.3, 0.4) is 0 Å². The summed E-state index contributed by atoms with van der Waals surface area (Å²) in [6, 6.07) is 9.47. The van der Waals surface area contributed by atoms with E-state index in [1.807, 2.05) is 35.4 Å². The first-order chi connectivity index (χ1) is 20.9. The van der Waals surface area contributed by atoms with Crippen LogP contribution in [0.2, 0.25) is 5.02 Å². The van der Waals surface area contributed by atoms with Crippen molar-refractivity contribution in [2.75, 3.05) is 61.8 Å². The minimum absolute atomic E-state index is 0.0200. The predicted octanol–water partition coefficient (Wildman–Crippen LogP) is 4.27. The highest BCUT2D eigenvalue weighted by molar-refractivity contribution is 6.33. The lowest BCUT2D eigenvalue weighted by atomic mass is 10.0. The van der Waals surface area contributed by atoms with Gasteiger partial charge in [-0.15, -0.1) is 0 Å². The van der Waals surface area contributed by atoms with Crippen molar-refractivity contribution in [2.24, 2.45) is 0 Å². The predicted molar refractivity (Wildman–Crippen MR) is 170 cm³/mol. The number of rotatable bonds is 7. The fourth-order valence-corrected chi connectivity index (χ4v) is 5.83. The van der Waals surface area contributed by atoms with Crippen LogP contribution in [0.25, 0.3) is 22.3 Å². The van der Waals surface area contributed by atoms with Crippen molar-refractivity contribution in [3.63, 3.8) is 0 Å². The fraction of sp³-hybridized carbons (Fsp3) is 0.323. The summed E-state index contributed by atoms with van der Waals surface area (Å²) in [4.78, 5) is 48.7. The Morgan fingerprint density at radius 2 is 1.88 bits per heavy atom. The first-order valence-corrected chi connectivity index (χ1v) is 14.8. The molecule has 11 nitrogen and oxygen atoms in total. The Kier molecular flexibility index (Phi) is 8.26. The number of pyridine rings is 1. The van der Waals surface area contributed by atoms with Crippen molar-refractivity contribution in [3.8, 4) is 11.3 Å². The van der Waals surface area contributed by atoms with Gasteiger partial charge in [-0.2, -0.15) is 0 Å². The Morgan fingerprint density at radius 1 is 1.09 bits per heavy atom. The second-order valence-corrected chi connectivity index (χ2v) is 11.3. The van der Waals surface area contributed by atoms with Gasteiger partial charge < -0.3 is 30.3 Å². The van der Waals surface area contributed by atoms with E-state index in [2.05, 4.69) is 49.0 Å². The smallest absolute Gasteiger partial charge is 0.253 e. The monoisotopic (exact) mass is 599 g/mol. The molecule has 222 valence electrons. The molecule has 2 aliphatic rings. The van der Waals surface area contributed by atoms with Crippen molar-refractivity contribution in [2.45, 2.75) is 18.9 Å². The first-order valence-electron chi connectivity index (χ1n) is 14.4. The number of hydrogen-bond acceptors (Lipinski definition) is 8. The van der Waals surface area contributed by atoms with Gasteiger partial charge in [0, 0.05) is 74.2 Å². The molecular formula is C31H34ClN9O2. The van der Waals surface area contributed by atoms with E-state index in [1.54, 1.807) is 18.5 Å². The number of H-pyrrole nitrogens is 1. The maximum Gasteiger partial charge on any atom is 0.253 e. The Labute approximate surface area is 255 Å². The van der Waals surface area contributed by atoms with Crippen LogP contribution >= 0.6 is 11.6 Å². The fourth-order valence-electron chi connectivity index (χ4n) is 5.63. The van der Waals surface area contributed by atoms with Crippen molar-refractivity contribution in [1.82, 2.24) is 29.7 Å². The average Bonchev–Trinajstić information content (AvgIpc) is 3.46. The molecule has 2 fully saturated rings. The van der Waals surface area contributed by atoms with Gasteiger partial charge in [-0.25, -0.2) is 15.0 Å². The third kappa shape index (κ3) is 6.18. The summed E-state index contributed by atoms with van der Waals surface area (Å²) in [7, 11) is 2.09. The van der Waals surface area contributed by atoms with Gasteiger partial charge in [-0.1, -0.05) is 18.2 Å². The van der Waals surface area contributed by atoms with Crippen molar-refractivity contribution < 1.29 is 9.59 Å². The third-order valence-electron chi connectivity index (χ3n) is 8.10. The van der Waals surface area contributed by atoms with Gasteiger partial charge in [0.05, 0.1) is 28.3 Å². The zero-order valence-electron chi connectivity index (χ0n) is 24.0. The van der Waals surface area contributed by atoms with Gasteiger partial charge in [0.2, 0.25) is 11.9 Å². The van der Waals surface area contributed by atoms with E-state index in [1.165, 1.54) is 6.08 Å². The highest BCUT2D eigenvalue weighted by Gasteiger charge is 2.26. The molecule has 0 atom stereocenters. The summed E-state index contributed by atoms with van der Waals surface area (Å²) in [6.07, 6.45) is 7.96. The summed E-state index contributed by atoms with van der Waals surface area (Å²) >= 11 is 6.49. The van der Waals surface area contributed by atoms with Crippen molar-refractivity contribution >= 4 is 51.8 Å². The molecule has 2 amide bonds. The maximum absolute atomic E-state index is 13.6. The molecule has 12 heteroatoms. The molecule has 6 rings (SSSR count). The zero-order chi connectivity index (χ0) is 29.9. The van der Waals surface area contributed by atoms with Crippen LogP contribution in [-0.2, 0) is 4.79 Å². The summed E-state index contributed by atoms with van der Waals surface area (Å²) < 4.78 is 0. The number of amides is 2. The minimum atomic E-state index is -0.278. The van der Waals surface area contributed by atoms with Crippen LogP contribution < -0.4 is 15.5 Å². The molecule has 3 aromatic heterocycles. The van der Waals surface area contributed by atoms with Crippen molar-refractivity contribution in [1.29, 1.82) is 0 Å². The summed E-state index contributed by atoms with van der Waals surface area (Å²) in [5, 5.41) is 7.74. The van der Waals surface area contributed by atoms with Crippen LogP contribution in [-0.4, -0.2) is 93.9 Å². The van der Waals surface area contributed by atoms with E-state index < -0.39 is 0 Å². The van der Waals surface area contributed by atoms with Crippen molar-refractivity contribution in [3.05, 3.63) is 72.2 Å². The number of aromatic nitrogens is 4. The largest absolute Gasteiger partial charge is 0.367 e. The van der Waals surface area contributed by atoms with Gasteiger partial charge in [0.25, 0.3) is 5.91 Å². The van der Waals surface area contributed by atoms with Gasteiger partial charge in [-0.3, -0.25) is 9.59 Å². The molecule has 0 unspecified atom stereocenters. The van der Waals surface area contributed by atoms with Gasteiger partial charge in [0.1, 0.15) is 5.65 Å². The van der Waals surface area contributed by atoms with E-state index in [0.29, 0.717) is 41.0 Å². The highest BCUT2D eigenvalue weighted by Crippen LogP contribution is 2.32. The van der Waals surface area contributed by atoms with Gasteiger partial charge >= 0.3 is 0 Å². The molecule has 0 bridgehead atoms. The number of hydrogen-bond donors (Lipinski definition) is 3. The number of piperazine rings is 1. The average molecular weight is 600 g/mol. The summed E-state index contributed by atoms with van der Waals surface area (Å²) in [5.74, 6) is 0.198. The summed E-state index contributed by atoms with van der Waals surface area (Å²) in [6.45, 7) is 8.21. The second-order valence-electron chi connectivity index (χ2n) is 10.9. The number of fused-ring (bicyclic) bond motifs is 1. The van der Waals surface area contributed by atoms with Gasteiger partial charge in [-0.05, 0) is 56.3 Å². The van der Waals surface area contributed by atoms with Crippen LogP contribution in [0, 0.1) is 0 Å². The molecule has 1 aromatic carbocycles. The molecule has 3 N–H and O–H groups in total. The lowest BCUT2D eigenvalue weighted by Gasteiger charge is -2.36. The molecule has 0 spiro atoms. The second kappa shape index (κ2) is 12.4. The molecule has 4 aromatic rings. The maximum atomic E-state index is 13.6. The molecule has 0 aliphatic carbocycles. The molecule has 0 radical (unpaired) electrons. The Hall–Kier alpha value is -4.48. The Bertz CT molecular complexity index is 1660. The zero-order valence-corrected chi connectivity index (χ0v) is 24.8. The molecule has 0 saturated carbocycles. The Morgan fingerprint density at radius 3 is 2.65 bits per heavy atom. The number of carbonyl (C=O) groups is 2. The highest BCUT2D eigenvalue weighted by atomic mass is 35.5. The molecule has 2 saturated heterocycles. The number of nitrogens with one attached hydrogen (secondary N) is 3. The van der Waals surface area contributed by atoms with E-state index in [9.17, 15) is 9.59 Å². The van der Waals surface area contributed by atoms with E-state index >= 15 is 0 Å². The Balaban J connectivity index is 1.13. The minimum Gasteiger partial charge on any atom is -0.367 e. The van der Waals surface area contributed by atoms with Crippen LogP contribution in [0.5, 0.6) is 0 Å². The lowest BCUT2D eigenvalue weighted by molar-refractivity contribution is -0.111. The number of halogens is 1. The van der Waals surface area contributed by atoms with Gasteiger partial charge in [0.15, 0.2) is 0 Å². The SMILES string of the molecule is C=CC(=O)Nc1ccc(C(=O)N2CCC(Nc3ncc(Cl)c(-c4c[nH]c5ncccc45)n3)CC2)cc1N1CCN(C)CC1. The first kappa shape index (κ1) is 28.6. The molecular weight excluding hydrogens is 566 g/mol. The number of piperidine rings is 1. The van der Waals surface area contributed by atoms with E-state index in [0.717, 1.165) is 61.3 Å². The van der Waals surface area contributed by atoms with Crippen LogP contribution in [0.4, 0.5) is 17.3 Å². The number of nitrogens with zero attached hydrogens (tertiary/aromatic N) is 6. The van der Waals surface area contributed by atoms with Crippen LogP contribution in [0.1, 0.15) is 23.2 Å². The summed E-state index contributed by atoms with van der Waals surface area (Å²) in [5.41, 5.74) is 4.41. The number of carbonyl (C=O) groups excluding carboxylic acids is 2. The molecule has 5 heterocycles. The number of benzene rings is 1. The molecule has 43 heavy (non-hydrogen) atoms.